The third kappa shape index (κ3) is 2.55. The Balaban J connectivity index is 1.67. The molecule has 0 saturated carbocycles. The van der Waals surface area contributed by atoms with Gasteiger partial charge in [-0.25, -0.2) is 4.79 Å². The summed E-state index contributed by atoms with van der Waals surface area (Å²) >= 11 is 0. The molecule has 3 heterocycles. The van der Waals surface area contributed by atoms with Gasteiger partial charge < -0.3 is 13.9 Å². The lowest BCUT2D eigenvalue weighted by Crippen LogP contribution is -2.11. The summed E-state index contributed by atoms with van der Waals surface area (Å²) in [7, 11) is 0. The highest BCUT2D eigenvalue weighted by Crippen LogP contribution is 2.38. The molecule has 0 unspecified atom stereocenters. The monoisotopic (exact) mass is 330 g/mol. The molecule has 0 N–H and O–H groups in total. The molecule has 1 aliphatic heterocycles. The minimum Gasteiger partial charge on any atom is -0.460 e. The summed E-state index contributed by atoms with van der Waals surface area (Å²) in [5.41, 5.74) is 3.98. The maximum atomic E-state index is 12.1. The zero-order chi connectivity index (χ0) is 16.7. The first-order valence-electron chi connectivity index (χ1n) is 8.61. The molecule has 6 nitrogen and oxygen atoms in total. The SMILES string of the molecule is CCOC(=O)c1oc2c(c1C)-c1nn(C[C@H]3CCOC3)cc1CC2. The molecule has 1 saturated heterocycles. The van der Waals surface area contributed by atoms with Crippen LogP contribution in [-0.2, 0) is 28.9 Å². The molecule has 2 aliphatic rings. The number of carbonyl (C=O) groups is 1. The Kier molecular flexibility index (Phi) is 3.92. The molecule has 4 rings (SSSR count). The molecule has 1 fully saturated rings. The van der Waals surface area contributed by atoms with Crippen LogP contribution in [0.1, 0.15) is 40.8 Å². The second-order valence-electron chi connectivity index (χ2n) is 6.53. The molecule has 0 radical (unpaired) electrons. The van der Waals surface area contributed by atoms with Gasteiger partial charge in [-0.05, 0) is 32.3 Å². The van der Waals surface area contributed by atoms with Gasteiger partial charge in [-0.3, -0.25) is 4.68 Å². The first kappa shape index (κ1) is 15.4. The summed E-state index contributed by atoms with van der Waals surface area (Å²) in [5, 5.41) is 4.78. The van der Waals surface area contributed by atoms with Crippen molar-refractivity contribution in [2.75, 3.05) is 19.8 Å². The molecule has 0 bridgehead atoms. The maximum Gasteiger partial charge on any atom is 0.374 e. The average molecular weight is 330 g/mol. The summed E-state index contributed by atoms with van der Waals surface area (Å²) in [5.74, 6) is 1.30. The molecule has 24 heavy (non-hydrogen) atoms. The van der Waals surface area contributed by atoms with Gasteiger partial charge in [-0.1, -0.05) is 0 Å². The minimum atomic E-state index is -0.395. The van der Waals surface area contributed by atoms with Gasteiger partial charge in [0, 0.05) is 42.8 Å². The standard InChI is InChI=1S/C18H22N2O4/c1-3-23-18(21)17-11(2)15-14(24-17)5-4-13-9-20(19-16(13)15)8-12-6-7-22-10-12/h9,12H,3-8,10H2,1-2H3/t12-/m1/s1. The number of rotatable bonds is 4. The van der Waals surface area contributed by atoms with E-state index in [-0.39, 0.29) is 0 Å². The average Bonchev–Trinajstić information content (AvgIpc) is 3.26. The Bertz CT molecular complexity index is 768. The fraction of sp³-hybridized carbons (Fsp3) is 0.556. The smallest absolute Gasteiger partial charge is 0.374 e. The number of ether oxygens (including phenoxy) is 2. The molecule has 2 aromatic rings. The molecule has 1 aliphatic carbocycles. The van der Waals surface area contributed by atoms with Gasteiger partial charge in [0.05, 0.1) is 18.9 Å². The Morgan fingerprint density at radius 1 is 1.46 bits per heavy atom. The van der Waals surface area contributed by atoms with Crippen LogP contribution in [0.2, 0.25) is 0 Å². The number of nitrogens with zero attached hydrogens (tertiary/aromatic N) is 2. The molecule has 0 spiro atoms. The summed E-state index contributed by atoms with van der Waals surface area (Å²) in [4.78, 5) is 12.1. The van der Waals surface area contributed by atoms with E-state index >= 15 is 0 Å². The number of esters is 1. The zero-order valence-corrected chi connectivity index (χ0v) is 14.1. The predicted octanol–water partition coefficient (Wildman–Crippen LogP) is 2.76. The van der Waals surface area contributed by atoms with E-state index in [1.165, 1.54) is 5.56 Å². The maximum absolute atomic E-state index is 12.1. The van der Waals surface area contributed by atoms with E-state index in [4.69, 9.17) is 19.0 Å². The third-order valence-corrected chi connectivity index (χ3v) is 4.85. The summed E-state index contributed by atoms with van der Waals surface area (Å²) in [6.45, 7) is 6.58. The quantitative estimate of drug-likeness (QED) is 0.807. The van der Waals surface area contributed by atoms with Crippen molar-refractivity contribution in [2.24, 2.45) is 5.92 Å². The highest BCUT2D eigenvalue weighted by Gasteiger charge is 2.30. The number of furan rings is 1. The molecule has 128 valence electrons. The summed E-state index contributed by atoms with van der Waals surface area (Å²) in [6.07, 6.45) is 4.90. The van der Waals surface area contributed by atoms with E-state index in [0.717, 1.165) is 61.6 Å². The number of fused-ring (bicyclic) bond motifs is 3. The molecular weight excluding hydrogens is 308 g/mol. The van der Waals surface area contributed by atoms with E-state index in [0.29, 0.717) is 18.3 Å². The highest BCUT2D eigenvalue weighted by molar-refractivity contribution is 5.91. The first-order chi connectivity index (χ1) is 11.7. The molecule has 0 amide bonds. The fourth-order valence-electron chi connectivity index (χ4n) is 3.64. The van der Waals surface area contributed by atoms with Crippen molar-refractivity contribution in [1.82, 2.24) is 9.78 Å². The highest BCUT2D eigenvalue weighted by atomic mass is 16.5. The molecule has 6 heteroatoms. The van der Waals surface area contributed by atoms with Crippen molar-refractivity contribution in [3.05, 3.63) is 28.8 Å². The van der Waals surface area contributed by atoms with Crippen LogP contribution in [0.3, 0.4) is 0 Å². The van der Waals surface area contributed by atoms with Crippen molar-refractivity contribution in [3.63, 3.8) is 0 Å². The topological polar surface area (TPSA) is 66.5 Å². The Labute approximate surface area is 140 Å². The minimum absolute atomic E-state index is 0.313. The Morgan fingerprint density at radius 3 is 3.08 bits per heavy atom. The zero-order valence-electron chi connectivity index (χ0n) is 14.1. The number of carbonyl (C=O) groups excluding carboxylic acids is 1. The van der Waals surface area contributed by atoms with Gasteiger partial charge >= 0.3 is 5.97 Å². The van der Waals surface area contributed by atoms with Crippen molar-refractivity contribution in [1.29, 1.82) is 0 Å². The molecule has 1 atom stereocenters. The van der Waals surface area contributed by atoms with E-state index < -0.39 is 5.97 Å². The molecule has 0 aromatic carbocycles. The predicted molar refractivity (Wildman–Crippen MR) is 87.0 cm³/mol. The van der Waals surface area contributed by atoms with Crippen LogP contribution in [0.15, 0.2) is 10.6 Å². The van der Waals surface area contributed by atoms with E-state index in [9.17, 15) is 4.79 Å². The normalized spacial score (nSPS) is 19.2. The summed E-state index contributed by atoms with van der Waals surface area (Å²) in [6, 6.07) is 0. The van der Waals surface area contributed by atoms with Crippen molar-refractivity contribution in [2.45, 2.75) is 39.7 Å². The van der Waals surface area contributed by atoms with Gasteiger partial charge in [-0.2, -0.15) is 5.10 Å². The van der Waals surface area contributed by atoms with Crippen LogP contribution >= 0.6 is 0 Å². The van der Waals surface area contributed by atoms with Crippen LogP contribution in [0.4, 0.5) is 0 Å². The van der Waals surface area contributed by atoms with Gasteiger partial charge in [0.25, 0.3) is 0 Å². The number of hydrogen-bond acceptors (Lipinski definition) is 5. The Morgan fingerprint density at radius 2 is 2.33 bits per heavy atom. The number of aryl methyl sites for hydroxylation is 2. The van der Waals surface area contributed by atoms with E-state index in [1.807, 2.05) is 11.6 Å². The van der Waals surface area contributed by atoms with Gasteiger partial charge in [0.1, 0.15) is 5.76 Å². The Hall–Kier alpha value is -2.08. The molecular formula is C18H22N2O4. The van der Waals surface area contributed by atoms with Crippen molar-refractivity contribution in [3.8, 4) is 11.3 Å². The van der Waals surface area contributed by atoms with Gasteiger partial charge in [0.15, 0.2) is 0 Å². The van der Waals surface area contributed by atoms with Crippen LogP contribution < -0.4 is 0 Å². The second-order valence-corrected chi connectivity index (χ2v) is 6.53. The van der Waals surface area contributed by atoms with Crippen LogP contribution in [0, 0.1) is 12.8 Å². The van der Waals surface area contributed by atoms with Crippen molar-refractivity contribution >= 4 is 5.97 Å². The first-order valence-corrected chi connectivity index (χ1v) is 8.61. The van der Waals surface area contributed by atoms with Gasteiger partial charge in [0.2, 0.25) is 5.76 Å². The third-order valence-electron chi connectivity index (χ3n) is 4.85. The lowest BCUT2D eigenvalue weighted by atomic mass is 9.94. The summed E-state index contributed by atoms with van der Waals surface area (Å²) < 4.78 is 18.4. The van der Waals surface area contributed by atoms with Crippen LogP contribution in [-0.4, -0.2) is 35.6 Å². The van der Waals surface area contributed by atoms with Crippen LogP contribution in [0.25, 0.3) is 11.3 Å². The number of aromatic nitrogens is 2. The lowest BCUT2D eigenvalue weighted by Gasteiger charge is -2.09. The lowest BCUT2D eigenvalue weighted by molar-refractivity contribution is 0.0487. The fourth-order valence-corrected chi connectivity index (χ4v) is 3.64. The van der Waals surface area contributed by atoms with E-state index in [1.54, 1.807) is 6.92 Å². The second kappa shape index (κ2) is 6.09. The number of hydrogen-bond donors (Lipinski definition) is 0. The largest absolute Gasteiger partial charge is 0.460 e. The van der Waals surface area contributed by atoms with Gasteiger partial charge in [-0.15, -0.1) is 0 Å². The van der Waals surface area contributed by atoms with E-state index in [2.05, 4.69) is 6.20 Å². The molecule has 2 aromatic heterocycles. The van der Waals surface area contributed by atoms with Crippen molar-refractivity contribution < 1.29 is 18.7 Å². The van der Waals surface area contributed by atoms with Crippen LogP contribution in [0.5, 0.6) is 0 Å².